The van der Waals surface area contributed by atoms with Gasteiger partial charge in [-0.3, -0.25) is 9.69 Å². The van der Waals surface area contributed by atoms with Crippen molar-refractivity contribution in [2.75, 3.05) is 13.2 Å². The number of imide groups is 1. The number of urea groups is 1. The van der Waals surface area contributed by atoms with Gasteiger partial charge in [0.1, 0.15) is 24.0 Å². The van der Waals surface area contributed by atoms with Gasteiger partial charge in [-0.1, -0.05) is 17.7 Å². The van der Waals surface area contributed by atoms with Crippen molar-refractivity contribution in [3.63, 3.8) is 0 Å². The molecule has 1 aromatic rings. The summed E-state index contributed by atoms with van der Waals surface area (Å²) in [6.07, 6.45) is -0.979. The molecule has 2 N–H and O–H groups in total. The van der Waals surface area contributed by atoms with Gasteiger partial charge in [0, 0.05) is 5.02 Å². The first-order valence-corrected chi connectivity index (χ1v) is 6.88. The molecule has 0 unspecified atom stereocenters. The lowest BCUT2D eigenvalue weighted by Gasteiger charge is -2.19. The topological polar surface area (TPSA) is 78.9 Å². The molecule has 0 saturated carbocycles. The Labute approximate surface area is 127 Å². The molecule has 2 rings (SSSR count). The van der Waals surface area contributed by atoms with Crippen LogP contribution in [0, 0.1) is 0 Å². The lowest BCUT2D eigenvalue weighted by molar-refractivity contribution is -0.131. The number of carbonyl (C=O) groups excluding carboxylic acids is 2. The third-order valence-electron chi connectivity index (χ3n) is 3.08. The number of nitrogens with zero attached hydrogens (tertiary/aromatic N) is 1. The third kappa shape index (κ3) is 3.65. The number of aliphatic hydroxyl groups excluding tert-OH is 1. The molecule has 6 nitrogen and oxygen atoms in total. The van der Waals surface area contributed by atoms with Crippen molar-refractivity contribution in [2.24, 2.45) is 0 Å². The lowest BCUT2D eigenvalue weighted by Crippen LogP contribution is -2.42. The highest BCUT2D eigenvalue weighted by molar-refractivity contribution is 6.30. The molecule has 1 saturated heterocycles. The molecule has 1 heterocycles. The van der Waals surface area contributed by atoms with E-state index in [1.807, 2.05) is 0 Å². The molecule has 1 fully saturated rings. The van der Waals surface area contributed by atoms with Gasteiger partial charge in [-0.25, -0.2) is 4.79 Å². The maximum Gasteiger partial charge on any atom is 0.325 e. The van der Waals surface area contributed by atoms with Gasteiger partial charge in [0.05, 0.1) is 6.54 Å². The number of halogens is 1. The Bertz CT molecular complexity index is 562. The summed E-state index contributed by atoms with van der Waals surface area (Å²) in [6, 6.07) is 6.25. The molecular weight excluding hydrogens is 296 g/mol. The van der Waals surface area contributed by atoms with Crippen LogP contribution in [0.5, 0.6) is 5.75 Å². The molecule has 7 heteroatoms. The van der Waals surface area contributed by atoms with Crippen LogP contribution in [-0.4, -0.2) is 46.7 Å². The molecule has 0 aliphatic carbocycles. The number of hydrogen-bond donors (Lipinski definition) is 2. The number of β-amino-alcohol motifs (C(OH)–C–C–N with tert-alkyl or cyclic N) is 1. The number of benzene rings is 1. The van der Waals surface area contributed by atoms with E-state index in [1.165, 1.54) is 0 Å². The Hall–Kier alpha value is -1.79. The minimum absolute atomic E-state index is 0.0438. The fourth-order valence-electron chi connectivity index (χ4n) is 2.00. The number of aliphatic hydroxyl groups is 1. The summed E-state index contributed by atoms with van der Waals surface area (Å²) in [4.78, 5) is 24.6. The van der Waals surface area contributed by atoms with Crippen LogP contribution in [0.4, 0.5) is 4.79 Å². The van der Waals surface area contributed by atoms with Crippen LogP contribution in [0.1, 0.15) is 13.8 Å². The Morgan fingerprint density at radius 2 is 2.14 bits per heavy atom. The molecule has 0 spiro atoms. The average Bonchev–Trinajstić information content (AvgIpc) is 2.59. The van der Waals surface area contributed by atoms with Crippen molar-refractivity contribution in [3.8, 4) is 5.75 Å². The summed E-state index contributed by atoms with van der Waals surface area (Å²) in [5, 5.41) is 13.0. The van der Waals surface area contributed by atoms with E-state index in [-0.39, 0.29) is 19.1 Å². The maximum atomic E-state index is 12.0. The standard InChI is InChI=1S/C14H17ClN2O4/c1-14(2)12(19)17(13(20)16-14)7-10(18)8-21-11-5-3-4-9(15)6-11/h3-6,10,18H,7-8H2,1-2H3,(H,16,20)/t10-/m0/s1. The SMILES string of the molecule is CC1(C)NC(=O)N(C[C@H](O)COc2cccc(Cl)c2)C1=O. The zero-order valence-corrected chi connectivity index (χ0v) is 12.6. The van der Waals surface area contributed by atoms with Gasteiger partial charge in [0.15, 0.2) is 0 Å². The number of carbonyl (C=O) groups is 2. The molecule has 1 atom stereocenters. The van der Waals surface area contributed by atoms with Gasteiger partial charge >= 0.3 is 6.03 Å². The summed E-state index contributed by atoms with van der Waals surface area (Å²) < 4.78 is 5.38. The summed E-state index contributed by atoms with van der Waals surface area (Å²) in [7, 11) is 0. The van der Waals surface area contributed by atoms with E-state index >= 15 is 0 Å². The van der Waals surface area contributed by atoms with E-state index in [0.717, 1.165) is 4.90 Å². The van der Waals surface area contributed by atoms with E-state index in [1.54, 1.807) is 38.1 Å². The molecule has 21 heavy (non-hydrogen) atoms. The first-order chi connectivity index (χ1) is 9.79. The summed E-state index contributed by atoms with van der Waals surface area (Å²) in [5.41, 5.74) is -0.940. The fraction of sp³-hybridized carbons (Fsp3) is 0.429. The van der Waals surface area contributed by atoms with Gasteiger partial charge in [0.25, 0.3) is 5.91 Å². The molecule has 1 aromatic carbocycles. The van der Waals surface area contributed by atoms with Gasteiger partial charge in [-0.2, -0.15) is 0 Å². The van der Waals surface area contributed by atoms with Crippen LogP contribution in [0.25, 0.3) is 0 Å². The Kier molecular flexibility index (Phi) is 4.39. The lowest BCUT2D eigenvalue weighted by atomic mass is 10.1. The monoisotopic (exact) mass is 312 g/mol. The number of hydrogen-bond acceptors (Lipinski definition) is 4. The van der Waals surface area contributed by atoms with Crippen LogP contribution < -0.4 is 10.1 Å². The van der Waals surface area contributed by atoms with Crippen molar-refractivity contribution in [3.05, 3.63) is 29.3 Å². The molecule has 114 valence electrons. The predicted octanol–water partition coefficient (Wildman–Crippen LogP) is 1.41. The van der Waals surface area contributed by atoms with E-state index in [2.05, 4.69) is 5.32 Å². The van der Waals surface area contributed by atoms with E-state index in [9.17, 15) is 14.7 Å². The number of amides is 3. The Balaban J connectivity index is 1.89. The van der Waals surface area contributed by atoms with Crippen LogP contribution in [0.15, 0.2) is 24.3 Å². The Morgan fingerprint density at radius 3 is 2.71 bits per heavy atom. The number of nitrogens with one attached hydrogen (secondary N) is 1. The van der Waals surface area contributed by atoms with Crippen molar-refractivity contribution in [1.29, 1.82) is 0 Å². The Morgan fingerprint density at radius 1 is 1.43 bits per heavy atom. The molecule has 1 aliphatic heterocycles. The summed E-state index contributed by atoms with van der Waals surface area (Å²) in [6.45, 7) is 3.07. The predicted molar refractivity (Wildman–Crippen MR) is 77.3 cm³/mol. The second kappa shape index (κ2) is 5.91. The minimum Gasteiger partial charge on any atom is -0.491 e. The first-order valence-electron chi connectivity index (χ1n) is 6.50. The van der Waals surface area contributed by atoms with Crippen molar-refractivity contribution < 1.29 is 19.4 Å². The normalized spacial score (nSPS) is 18.6. The van der Waals surface area contributed by atoms with Gasteiger partial charge < -0.3 is 15.2 Å². The zero-order chi connectivity index (χ0) is 15.6. The van der Waals surface area contributed by atoms with E-state index in [4.69, 9.17) is 16.3 Å². The highest BCUT2D eigenvalue weighted by Crippen LogP contribution is 2.19. The van der Waals surface area contributed by atoms with Crippen LogP contribution in [0.2, 0.25) is 5.02 Å². The van der Waals surface area contributed by atoms with Crippen molar-refractivity contribution in [1.82, 2.24) is 10.2 Å². The summed E-state index contributed by atoms with van der Waals surface area (Å²) in [5.74, 6) is 0.147. The quantitative estimate of drug-likeness (QED) is 0.806. The summed E-state index contributed by atoms with van der Waals surface area (Å²) >= 11 is 5.82. The molecular formula is C14H17ClN2O4. The van der Waals surface area contributed by atoms with Crippen molar-refractivity contribution >= 4 is 23.5 Å². The number of ether oxygens (including phenoxy) is 1. The highest BCUT2D eigenvalue weighted by atomic mass is 35.5. The molecule has 0 aromatic heterocycles. The zero-order valence-electron chi connectivity index (χ0n) is 11.8. The van der Waals surface area contributed by atoms with E-state index in [0.29, 0.717) is 10.8 Å². The van der Waals surface area contributed by atoms with Gasteiger partial charge in [-0.15, -0.1) is 0 Å². The smallest absolute Gasteiger partial charge is 0.325 e. The molecule has 0 bridgehead atoms. The van der Waals surface area contributed by atoms with Crippen LogP contribution in [-0.2, 0) is 4.79 Å². The fourth-order valence-corrected chi connectivity index (χ4v) is 2.18. The molecule has 3 amide bonds. The second-order valence-corrected chi connectivity index (χ2v) is 5.83. The third-order valence-corrected chi connectivity index (χ3v) is 3.31. The number of rotatable bonds is 5. The van der Waals surface area contributed by atoms with Crippen molar-refractivity contribution in [2.45, 2.75) is 25.5 Å². The van der Waals surface area contributed by atoms with Crippen LogP contribution >= 0.6 is 11.6 Å². The average molecular weight is 313 g/mol. The largest absolute Gasteiger partial charge is 0.491 e. The maximum absolute atomic E-state index is 12.0. The van der Waals surface area contributed by atoms with Crippen LogP contribution in [0.3, 0.4) is 0 Å². The molecule has 0 radical (unpaired) electrons. The van der Waals surface area contributed by atoms with Gasteiger partial charge in [0.2, 0.25) is 0 Å². The van der Waals surface area contributed by atoms with E-state index < -0.39 is 17.7 Å². The first kappa shape index (κ1) is 15.6. The second-order valence-electron chi connectivity index (χ2n) is 5.39. The minimum atomic E-state index is -0.979. The molecule has 1 aliphatic rings. The highest BCUT2D eigenvalue weighted by Gasteiger charge is 2.44. The van der Waals surface area contributed by atoms with Gasteiger partial charge in [-0.05, 0) is 32.0 Å².